The number of nitrogens with two attached hydrogens (primary N) is 1. The van der Waals surface area contributed by atoms with Crippen LogP contribution in [0.1, 0.15) is 59.8 Å². The zero-order valence-corrected chi connectivity index (χ0v) is 12.7. The van der Waals surface area contributed by atoms with Crippen LogP contribution < -0.4 is 5.73 Å². The van der Waals surface area contributed by atoms with Gasteiger partial charge in [0.05, 0.1) is 12.7 Å². The van der Waals surface area contributed by atoms with Crippen molar-refractivity contribution < 1.29 is 4.74 Å². The maximum absolute atomic E-state index is 6.10. The third kappa shape index (κ3) is 3.94. The molecule has 0 bridgehead atoms. The van der Waals surface area contributed by atoms with E-state index in [9.17, 15) is 0 Å². The molecule has 0 spiro atoms. The minimum Gasteiger partial charge on any atom is -0.376 e. The summed E-state index contributed by atoms with van der Waals surface area (Å²) in [6.07, 6.45) is 6.57. The fourth-order valence-corrected chi connectivity index (χ4v) is 2.96. The smallest absolute Gasteiger partial charge is 0.0675 e. The summed E-state index contributed by atoms with van der Waals surface area (Å²) < 4.78 is 5.79. The zero-order chi connectivity index (χ0) is 13.6. The molecule has 1 rings (SSSR count). The Kier molecular flexibility index (Phi) is 6.61. The second kappa shape index (κ2) is 7.46. The molecule has 1 fully saturated rings. The molecule has 1 aliphatic heterocycles. The molecule has 3 nitrogen and oxygen atoms in total. The monoisotopic (exact) mass is 256 g/mol. The number of ether oxygens (including phenoxy) is 1. The average molecular weight is 256 g/mol. The lowest BCUT2D eigenvalue weighted by atomic mass is 9.89. The quantitative estimate of drug-likeness (QED) is 0.712. The van der Waals surface area contributed by atoms with E-state index in [1.165, 1.54) is 25.7 Å². The molecule has 0 aromatic carbocycles. The predicted molar refractivity (Wildman–Crippen MR) is 77.8 cm³/mol. The van der Waals surface area contributed by atoms with Gasteiger partial charge in [-0.3, -0.25) is 4.90 Å². The Bertz CT molecular complexity index is 235. The molecule has 0 amide bonds. The van der Waals surface area contributed by atoms with Crippen LogP contribution in [0.5, 0.6) is 0 Å². The Morgan fingerprint density at radius 3 is 2.61 bits per heavy atom. The molecule has 1 heterocycles. The summed E-state index contributed by atoms with van der Waals surface area (Å²) >= 11 is 0. The lowest BCUT2D eigenvalue weighted by Crippen LogP contribution is -2.61. The second-order valence-electron chi connectivity index (χ2n) is 6.02. The van der Waals surface area contributed by atoms with Gasteiger partial charge in [0.1, 0.15) is 0 Å². The first-order valence-electron chi connectivity index (χ1n) is 7.65. The van der Waals surface area contributed by atoms with E-state index in [1.54, 1.807) is 0 Å². The first-order valence-corrected chi connectivity index (χ1v) is 7.65. The standard InChI is InChI=1S/C15H32N2O/c1-5-7-8-9-15(4,12-16)17-10-13(3)18-11-14(17)6-2/h13-14H,5-12,16H2,1-4H3. The average Bonchev–Trinajstić information content (AvgIpc) is 2.38. The molecule has 108 valence electrons. The van der Waals surface area contributed by atoms with Gasteiger partial charge in [-0.1, -0.05) is 33.1 Å². The van der Waals surface area contributed by atoms with E-state index in [-0.39, 0.29) is 5.54 Å². The van der Waals surface area contributed by atoms with E-state index in [0.717, 1.165) is 26.1 Å². The summed E-state index contributed by atoms with van der Waals surface area (Å²) in [5.74, 6) is 0. The fourth-order valence-electron chi connectivity index (χ4n) is 2.96. The Morgan fingerprint density at radius 1 is 1.33 bits per heavy atom. The van der Waals surface area contributed by atoms with Crippen LogP contribution in [-0.4, -0.2) is 42.3 Å². The molecule has 0 aromatic rings. The molecule has 3 unspecified atom stereocenters. The van der Waals surface area contributed by atoms with Crippen LogP contribution in [0.15, 0.2) is 0 Å². The Hall–Kier alpha value is -0.120. The zero-order valence-electron chi connectivity index (χ0n) is 12.7. The van der Waals surface area contributed by atoms with Crippen LogP contribution >= 0.6 is 0 Å². The van der Waals surface area contributed by atoms with Crippen molar-refractivity contribution in [1.29, 1.82) is 0 Å². The van der Waals surface area contributed by atoms with Gasteiger partial charge in [0.15, 0.2) is 0 Å². The van der Waals surface area contributed by atoms with Gasteiger partial charge in [-0.05, 0) is 26.7 Å². The number of hydrogen-bond acceptors (Lipinski definition) is 3. The van der Waals surface area contributed by atoms with Crippen molar-refractivity contribution in [3.63, 3.8) is 0 Å². The normalized spacial score (nSPS) is 29.2. The van der Waals surface area contributed by atoms with Gasteiger partial charge in [0, 0.05) is 24.7 Å². The molecule has 0 aromatic heterocycles. The van der Waals surface area contributed by atoms with Crippen molar-refractivity contribution in [1.82, 2.24) is 4.90 Å². The SMILES string of the molecule is CCCCCC(C)(CN)N1CC(C)OCC1CC. The van der Waals surface area contributed by atoms with Crippen LogP contribution in [0.3, 0.4) is 0 Å². The Labute approximate surface area is 113 Å². The van der Waals surface area contributed by atoms with Crippen LogP contribution in [0.2, 0.25) is 0 Å². The van der Waals surface area contributed by atoms with Crippen molar-refractivity contribution in [2.24, 2.45) is 5.73 Å². The molecule has 3 heteroatoms. The van der Waals surface area contributed by atoms with Gasteiger partial charge >= 0.3 is 0 Å². The van der Waals surface area contributed by atoms with Crippen molar-refractivity contribution >= 4 is 0 Å². The maximum atomic E-state index is 6.10. The summed E-state index contributed by atoms with van der Waals surface area (Å²) in [7, 11) is 0. The Morgan fingerprint density at radius 2 is 2.06 bits per heavy atom. The molecule has 1 saturated heterocycles. The van der Waals surface area contributed by atoms with E-state index in [2.05, 4.69) is 32.6 Å². The minimum absolute atomic E-state index is 0.147. The molecule has 0 radical (unpaired) electrons. The van der Waals surface area contributed by atoms with E-state index >= 15 is 0 Å². The number of nitrogens with zero attached hydrogens (tertiary/aromatic N) is 1. The third-order valence-corrected chi connectivity index (χ3v) is 4.39. The summed E-state index contributed by atoms with van der Waals surface area (Å²) in [6, 6.07) is 0.538. The van der Waals surface area contributed by atoms with Crippen LogP contribution in [0.25, 0.3) is 0 Å². The first kappa shape index (κ1) is 15.9. The van der Waals surface area contributed by atoms with Gasteiger partial charge in [-0.2, -0.15) is 0 Å². The summed E-state index contributed by atoms with van der Waals surface area (Å²) in [6.45, 7) is 11.6. The maximum Gasteiger partial charge on any atom is 0.0675 e. The van der Waals surface area contributed by atoms with Crippen molar-refractivity contribution in [2.45, 2.75) is 77.5 Å². The molecule has 1 aliphatic rings. The summed E-state index contributed by atoms with van der Waals surface area (Å²) in [5.41, 5.74) is 6.25. The minimum atomic E-state index is 0.147. The van der Waals surface area contributed by atoms with Crippen LogP contribution in [-0.2, 0) is 4.74 Å². The predicted octanol–water partition coefficient (Wildman–Crippen LogP) is 2.78. The first-order chi connectivity index (χ1) is 8.57. The highest BCUT2D eigenvalue weighted by molar-refractivity contribution is 4.93. The van der Waals surface area contributed by atoms with Crippen molar-refractivity contribution in [3.8, 4) is 0 Å². The van der Waals surface area contributed by atoms with Crippen LogP contribution in [0.4, 0.5) is 0 Å². The molecule has 0 saturated carbocycles. The summed E-state index contributed by atoms with van der Waals surface area (Å²) in [4.78, 5) is 2.62. The second-order valence-corrected chi connectivity index (χ2v) is 6.02. The summed E-state index contributed by atoms with van der Waals surface area (Å²) in [5, 5.41) is 0. The lowest BCUT2D eigenvalue weighted by molar-refractivity contribution is -0.0968. The molecule has 0 aliphatic carbocycles. The van der Waals surface area contributed by atoms with Gasteiger partial charge in [-0.25, -0.2) is 0 Å². The highest BCUT2D eigenvalue weighted by atomic mass is 16.5. The third-order valence-electron chi connectivity index (χ3n) is 4.39. The number of morpholine rings is 1. The Balaban J connectivity index is 2.69. The molecule has 18 heavy (non-hydrogen) atoms. The molecule has 2 N–H and O–H groups in total. The van der Waals surface area contributed by atoms with Crippen LogP contribution in [0, 0.1) is 0 Å². The lowest BCUT2D eigenvalue weighted by Gasteiger charge is -2.49. The van der Waals surface area contributed by atoms with Gasteiger partial charge in [-0.15, -0.1) is 0 Å². The van der Waals surface area contributed by atoms with Gasteiger partial charge in [0.2, 0.25) is 0 Å². The fraction of sp³-hybridized carbons (Fsp3) is 1.00. The van der Waals surface area contributed by atoms with Gasteiger partial charge in [0.25, 0.3) is 0 Å². The van der Waals surface area contributed by atoms with E-state index < -0.39 is 0 Å². The van der Waals surface area contributed by atoms with Crippen molar-refractivity contribution in [3.05, 3.63) is 0 Å². The van der Waals surface area contributed by atoms with Crippen molar-refractivity contribution in [2.75, 3.05) is 19.7 Å². The largest absolute Gasteiger partial charge is 0.376 e. The molecule has 3 atom stereocenters. The van der Waals surface area contributed by atoms with E-state index in [4.69, 9.17) is 10.5 Å². The number of unbranched alkanes of at least 4 members (excludes halogenated alkanes) is 2. The molecular weight excluding hydrogens is 224 g/mol. The topological polar surface area (TPSA) is 38.5 Å². The number of rotatable bonds is 7. The number of hydrogen-bond donors (Lipinski definition) is 1. The molecular formula is C15H32N2O. The highest BCUT2D eigenvalue weighted by Gasteiger charge is 2.37. The van der Waals surface area contributed by atoms with E-state index in [1.807, 2.05) is 0 Å². The van der Waals surface area contributed by atoms with E-state index in [0.29, 0.717) is 12.1 Å². The van der Waals surface area contributed by atoms with Gasteiger partial charge < -0.3 is 10.5 Å². The highest BCUT2D eigenvalue weighted by Crippen LogP contribution is 2.28.